The van der Waals surface area contributed by atoms with E-state index in [1.807, 2.05) is 6.92 Å². The molecule has 26 heavy (non-hydrogen) atoms. The van der Waals surface area contributed by atoms with Crippen molar-refractivity contribution in [3.63, 3.8) is 0 Å². The van der Waals surface area contributed by atoms with Crippen LogP contribution in [0, 0.1) is 17.1 Å². The molecule has 0 aliphatic carbocycles. The number of nitrogens with two attached hydrogens (primary N) is 1. The monoisotopic (exact) mass is 418 g/mol. The van der Waals surface area contributed by atoms with E-state index in [0.29, 0.717) is 28.1 Å². The molecule has 0 bridgehead atoms. The highest BCUT2D eigenvalue weighted by Gasteiger charge is 2.13. The first-order valence-electron chi connectivity index (χ1n) is 7.69. The molecule has 0 saturated carbocycles. The van der Waals surface area contributed by atoms with Crippen LogP contribution in [0.4, 0.5) is 4.39 Å². The second-order valence-electron chi connectivity index (χ2n) is 5.21. The lowest BCUT2D eigenvalue weighted by molar-refractivity contribution is -0.114. The SMILES string of the molecule is CCOc1cc(/C=C(/C#N)C(N)=O)cc(Br)c1OCc1ccc(F)cc1. The molecule has 0 aromatic heterocycles. The average Bonchev–Trinajstić information content (AvgIpc) is 2.60. The zero-order valence-electron chi connectivity index (χ0n) is 14.0. The van der Waals surface area contributed by atoms with Crippen LogP contribution in [0.5, 0.6) is 11.5 Å². The molecule has 0 spiro atoms. The normalized spacial score (nSPS) is 10.9. The summed E-state index contributed by atoms with van der Waals surface area (Å²) in [6.45, 7) is 2.44. The van der Waals surface area contributed by atoms with Gasteiger partial charge in [-0.15, -0.1) is 0 Å². The molecule has 0 heterocycles. The Morgan fingerprint density at radius 3 is 2.58 bits per heavy atom. The van der Waals surface area contributed by atoms with Gasteiger partial charge in [-0.2, -0.15) is 5.26 Å². The summed E-state index contributed by atoms with van der Waals surface area (Å²) in [6, 6.07) is 11.1. The highest BCUT2D eigenvalue weighted by molar-refractivity contribution is 9.10. The van der Waals surface area contributed by atoms with E-state index in [2.05, 4.69) is 15.9 Å². The summed E-state index contributed by atoms with van der Waals surface area (Å²) in [7, 11) is 0. The smallest absolute Gasteiger partial charge is 0.259 e. The summed E-state index contributed by atoms with van der Waals surface area (Å²) in [5, 5.41) is 8.97. The van der Waals surface area contributed by atoms with Crippen LogP contribution >= 0.6 is 15.9 Å². The van der Waals surface area contributed by atoms with E-state index in [-0.39, 0.29) is 18.0 Å². The van der Waals surface area contributed by atoms with Crippen molar-refractivity contribution in [2.75, 3.05) is 6.61 Å². The number of hydrogen-bond acceptors (Lipinski definition) is 4. The second kappa shape index (κ2) is 9.02. The molecule has 5 nitrogen and oxygen atoms in total. The van der Waals surface area contributed by atoms with Crippen LogP contribution in [0.25, 0.3) is 6.08 Å². The third-order valence-electron chi connectivity index (χ3n) is 3.33. The topological polar surface area (TPSA) is 85.3 Å². The van der Waals surface area contributed by atoms with Gasteiger partial charge in [0, 0.05) is 0 Å². The van der Waals surface area contributed by atoms with Crippen LogP contribution in [0.1, 0.15) is 18.1 Å². The molecule has 0 saturated heterocycles. The number of nitrogens with zero attached hydrogens (tertiary/aromatic N) is 1. The maximum absolute atomic E-state index is 13.0. The van der Waals surface area contributed by atoms with Crippen LogP contribution in [0.15, 0.2) is 46.4 Å². The number of carbonyl (C=O) groups excluding carboxylic acids is 1. The lowest BCUT2D eigenvalue weighted by Crippen LogP contribution is -2.12. The highest BCUT2D eigenvalue weighted by atomic mass is 79.9. The van der Waals surface area contributed by atoms with Crippen LogP contribution in [-0.2, 0) is 11.4 Å². The molecule has 2 N–H and O–H groups in total. The number of rotatable bonds is 7. The molecule has 2 aromatic carbocycles. The van der Waals surface area contributed by atoms with Crippen LogP contribution in [0.2, 0.25) is 0 Å². The minimum Gasteiger partial charge on any atom is -0.490 e. The Bertz CT molecular complexity index is 874. The molecular formula is C19H16BrFN2O3. The molecule has 7 heteroatoms. The van der Waals surface area contributed by atoms with Crippen molar-refractivity contribution >= 4 is 27.9 Å². The Kier molecular flexibility index (Phi) is 6.75. The van der Waals surface area contributed by atoms with E-state index in [1.165, 1.54) is 18.2 Å². The van der Waals surface area contributed by atoms with Crippen molar-refractivity contribution in [2.24, 2.45) is 5.73 Å². The third kappa shape index (κ3) is 5.07. The quantitative estimate of drug-likeness (QED) is 0.544. The number of hydrogen-bond donors (Lipinski definition) is 1. The summed E-state index contributed by atoms with van der Waals surface area (Å²) >= 11 is 3.41. The predicted molar refractivity (Wildman–Crippen MR) is 98.8 cm³/mol. The average molecular weight is 419 g/mol. The van der Waals surface area contributed by atoms with Gasteiger partial charge in [0.2, 0.25) is 0 Å². The molecule has 0 unspecified atom stereocenters. The van der Waals surface area contributed by atoms with E-state index < -0.39 is 5.91 Å². The summed E-state index contributed by atoms with van der Waals surface area (Å²) < 4.78 is 25.0. The Morgan fingerprint density at radius 2 is 2.00 bits per heavy atom. The zero-order chi connectivity index (χ0) is 19.1. The Labute approximate surface area is 159 Å². The third-order valence-corrected chi connectivity index (χ3v) is 3.91. The van der Waals surface area contributed by atoms with E-state index >= 15 is 0 Å². The Morgan fingerprint density at radius 1 is 1.31 bits per heavy atom. The molecule has 0 fully saturated rings. The Hall–Kier alpha value is -2.85. The molecule has 0 aliphatic heterocycles. The Balaban J connectivity index is 2.32. The summed E-state index contributed by atoms with van der Waals surface area (Å²) in [6.07, 6.45) is 1.37. The van der Waals surface area contributed by atoms with Crippen molar-refractivity contribution < 1.29 is 18.7 Å². The molecule has 2 aromatic rings. The maximum atomic E-state index is 13.0. The first-order chi connectivity index (χ1) is 12.4. The van der Waals surface area contributed by atoms with E-state index in [1.54, 1.807) is 30.3 Å². The fourth-order valence-corrected chi connectivity index (χ4v) is 2.71. The molecule has 0 aliphatic rings. The van der Waals surface area contributed by atoms with Gasteiger partial charge < -0.3 is 15.2 Å². The number of nitriles is 1. The molecule has 0 atom stereocenters. The minimum absolute atomic E-state index is 0.167. The van der Waals surface area contributed by atoms with E-state index in [9.17, 15) is 9.18 Å². The number of halogens is 2. The minimum atomic E-state index is -0.807. The van der Waals surface area contributed by atoms with Gasteiger partial charge in [0.15, 0.2) is 11.5 Å². The molecule has 134 valence electrons. The zero-order valence-corrected chi connectivity index (χ0v) is 15.5. The summed E-state index contributed by atoms with van der Waals surface area (Å²) in [5.41, 5.74) is 6.35. The van der Waals surface area contributed by atoms with Gasteiger partial charge in [0.1, 0.15) is 24.1 Å². The molecule has 2 rings (SSSR count). The second-order valence-corrected chi connectivity index (χ2v) is 6.07. The van der Waals surface area contributed by atoms with Gasteiger partial charge >= 0.3 is 0 Å². The van der Waals surface area contributed by atoms with Crippen molar-refractivity contribution in [1.29, 1.82) is 5.26 Å². The van der Waals surface area contributed by atoms with Gasteiger partial charge in [-0.25, -0.2) is 4.39 Å². The molecule has 0 radical (unpaired) electrons. The van der Waals surface area contributed by atoms with Crippen LogP contribution in [-0.4, -0.2) is 12.5 Å². The maximum Gasteiger partial charge on any atom is 0.259 e. The number of amides is 1. The summed E-state index contributed by atoms with van der Waals surface area (Å²) in [5.74, 6) is -0.218. The van der Waals surface area contributed by atoms with Crippen molar-refractivity contribution in [1.82, 2.24) is 0 Å². The fourth-order valence-electron chi connectivity index (χ4n) is 2.14. The van der Waals surface area contributed by atoms with Crippen LogP contribution in [0.3, 0.4) is 0 Å². The number of carbonyl (C=O) groups is 1. The molecular weight excluding hydrogens is 403 g/mol. The summed E-state index contributed by atoms with van der Waals surface area (Å²) in [4.78, 5) is 11.2. The predicted octanol–water partition coefficient (Wildman–Crippen LogP) is 3.96. The van der Waals surface area contributed by atoms with Gasteiger partial charge in [-0.3, -0.25) is 4.79 Å². The largest absolute Gasteiger partial charge is 0.490 e. The van der Waals surface area contributed by atoms with E-state index in [4.69, 9.17) is 20.5 Å². The first-order valence-corrected chi connectivity index (χ1v) is 8.49. The standard InChI is InChI=1S/C19H16BrFN2O3/c1-2-25-17-9-13(7-14(10-22)19(23)24)8-16(20)18(17)26-11-12-3-5-15(21)6-4-12/h3-9H,2,11H2,1H3,(H2,23,24)/b14-7-. The highest BCUT2D eigenvalue weighted by Crippen LogP contribution is 2.38. The van der Waals surface area contributed by atoms with Gasteiger partial charge in [-0.05, 0) is 64.3 Å². The molecule has 1 amide bonds. The number of ether oxygens (including phenoxy) is 2. The van der Waals surface area contributed by atoms with Gasteiger partial charge in [0.05, 0.1) is 11.1 Å². The van der Waals surface area contributed by atoms with Crippen molar-refractivity contribution in [2.45, 2.75) is 13.5 Å². The fraction of sp³-hybridized carbons (Fsp3) is 0.158. The number of benzene rings is 2. The lowest BCUT2D eigenvalue weighted by Gasteiger charge is -2.15. The number of primary amides is 1. The van der Waals surface area contributed by atoms with E-state index in [0.717, 1.165) is 5.56 Å². The van der Waals surface area contributed by atoms with Gasteiger partial charge in [0.25, 0.3) is 5.91 Å². The first kappa shape index (κ1) is 19.5. The van der Waals surface area contributed by atoms with Crippen molar-refractivity contribution in [3.05, 3.63) is 63.4 Å². The lowest BCUT2D eigenvalue weighted by atomic mass is 10.1. The van der Waals surface area contributed by atoms with Gasteiger partial charge in [-0.1, -0.05) is 12.1 Å². The van der Waals surface area contributed by atoms with Crippen LogP contribution < -0.4 is 15.2 Å². The van der Waals surface area contributed by atoms with Crippen molar-refractivity contribution in [3.8, 4) is 17.6 Å².